The van der Waals surface area contributed by atoms with E-state index in [0.29, 0.717) is 12.6 Å². The largest absolute Gasteiger partial charge is 0.462 e. The van der Waals surface area contributed by atoms with Crippen molar-refractivity contribution in [2.45, 2.75) is 45.3 Å². The minimum atomic E-state index is 0.467. The molecule has 124 valence electrons. The Hall–Kier alpha value is -0.840. The van der Waals surface area contributed by atoms with Crippen LogP contribution in [0.1, 0.15) is 50.2 Å². The van der Waals surface area contributed by atoms with E-state index in [-0.39, 0.29) is 0 Å². The van der Waals surface area contributed by atoms with Crippen LogP contribution in [0.4, 0.5) is 0 Å². The van der Waals surface area contributed by atoms with Gasteiger partial charge in [0.25, 0.3) is 0 Å². The Morgan fingerprint density at radius 1 is 1.14 bits per heavy atom. The zero-order valence-electron chi connectivity index (χ0n) is 14.1. The summed E-state index contributed by atoms with van der Waals surface area (Å²) in [6.07, 6.45) is 5.23. The molecule has 1 aromatic heterocycles. The maximum absolute atomic E-state index is 5.96. The van der Waals surface area contributed by atoms with Crippen molar-refractivity contribution in [3.63, 3.8) is 0 Å². The smallest absolute Gasteiger partial charge is 0.129 e. The SMILES string of the molecule is COCc1ccc(C2CCCN2CCN2CCC(C)CC2)o1. The molecule has 3 heterocycles. The van der Waals surface area contributed by atoms with Gasteiger partial charge in [-0.3, -0.25) is 4.90 Å². The van der Waals surface area contributed by atoms with Gasteiger partial charge in [-0.2, -0.15) is 0 Å². The van der Waals surface area contributed by atoms with E-state index in [0.717, 1.165) is 17.4 Å². The molecule has 2 aliphatic rings. The molecule has 2 aliphatic heterocycles. The first-order valence-electron chi connectivity index (χ1n) is 8.80. The lowest BCUT2D eigenvalue weighted by atomic mass is 9.99. The molecule has 1 unspecified atom stereocenters. The van der Waals surface area contributed by atoms with Crippen LogP contribution in [-0.4, -0.2) is 49.6 Å². The molecule has 0 bridgehead atoms. The standard InChI is InChI=1S/C18H30N2O2/c1-15-7-10-19(11-8-15)12-13-20-9-3-4-17(20)18-6-5-16(22-18)14-21-2/h5-6,15,17H,3-4,7-14H2,1-2H3. The van der Waals surface area contributed by atoms with E-state index in [1.807, 2.05) is 0 Å². The predicted octanol–water partition coefficient (Wildman–Crippen LogP) is 3.29. The summed E-state index contributed by atoms with van der Waals surface area (Å²) < 4.78 is 11.1. The molecule has 0 aromatic carbocycles. The van der Waals surface area contributed by atoms with Gasteiger partial charge in [0, 0.05) is 20.2 Å². The first kappa shape index (κ1) is 16.0. The average Bonchev–Trinajstić information content (AvgIpc) is 3.16. The van der Waals surface area contributed by atoms with Crippen LogP contribution in [0, 0.1) is 5.92 Å². The van der Waals surface area contributed by atoms with E-state index in [1.54, 1.807) is 7.11 Å². The van der Waals surface area contributed by atoms with E-state index in [2.05, 4.69) is 28.9 Å². The van der Waals surface area contributed by atoms with Crippen molar-refractivity contribution in [3.8, 4) is 0 Å². The molecule has 2 saturated heterocycles. The van der Waals surface area contributed by atoms with Crippen molar-refractivity contribution >= 4 is 0 Å². The summed E-state index contributed by atoms with van der Waals surface area (Å²) in [7, 11) is 1.71. The van der Waals surface area contributed by atoms with Crippen LogP contribution in [0.3, 0.4) is 0 Å². The Bertz CT molecular complexity index is 452. The van der Waals surface area contributed by atoms with Crippen molar-refractivity contribution < 1.29 is 9.15 Å². The second-order valence-corrected chi connectivity index (χ2v) is 6.96. The molecule has 0 amide bonds. The van der Waals surface area contributed by atoms with Crippen LogP contribution in [0.5, 0.6) is 0 Å². The minimum absolute atomic E-state index is 0.467. The number of furan rings is 1. The van der Waals surface area contributed by atoms with Crippen molar-refractivity contribution in [2.24, 2.45) is 5.92 Å². The molecular formula is C18H30N2O2. The van der Waals surface area contributed by atoms with Crippen molar-refractivity contribution in [1.82, 2.24) is 9.80 Å². The summed E-state index contributed by atoms with van der Waals surface area (Å²) in [5, 5.41) is 0. The van der Waals surface area contributed by atoms with Gasteiger partial charge in [-0.25, -0.2) is 0 Å². The maximum Gasteiger partial charge on any atom is 0.129 e. The third kappa shape index (κ3) is 3.92. The van der Waals surface area contributed by atoms with E-state index >= 15 is 0 Å². The van der Waals surface area contributed by atoms with E-state index < -0.39 is 0 Å². The van der Waals surface area contributed by atoms with Gasteiger partial charge in [-0.1, -0.05) is 6.92 Å². The predicted molar refractivity (Wildman–Crippen MR) is 87.8 cm³/mol. The van der Waals surface area contributed by atoms with Gasteiger partial charge in [-0.05, 0) is 63.4 Å². The van der Waals surface area contributed by atoms with Crippen LogP contribution < -0.4 is 0 Å². The maximum atomic E-state index is 5.96. The Morgan fingerprint density at radius 2 is 1.95 bits per heavy atom. The van der Waals surface area contributed by atoms with Crippen LogP contribution >= 0.6 is 0 Å². The Balaban J connectivity index is 1.51. The average molecular weight is 306 g/mol. The van der Waals surface area contributed by atoms with Crippen molar-refractivity contribution in [3.05, 3.63) is 23.7 Å². The van der Waals surface area contributed by atoms with Gasteiger partial charge in [0.1, 0.15) is 18.1 Å². The summed E-state index contributed by atoms with van der Waals surface area (Å²) in [5.41, 5.74) is 0. The number of hydrogen-bond donors (Lipinski definition) is 0. The third-order valence-electron chi connectivity index (χ3n) is 5.24. The lowest BCUT2D eigenvalue weighted by Crippen LogP contribution is -2.39. The van der Waals surface area contributed by atoms with Gasteiger partial charge in [0.2, 0.25) is 0 Å². The summed E-state index contributed by atoms with van der Waals surface area (Å²) in [6.45, 7) is 9.07. The van der Waals surface area contributed by atoms with Gasteiger partial charge >= 0.3 is 0 Å². The number of ether oxygens (including phenoxy) is 1. The molecule has 2 fully saturated rings. The van der Waals surface area contributed by atoms with E-state index in [1.165, 1.54) is 58.4 Å². The first-order valence-corrected chi connectivity index (χ1v) is 8.80. The molecule has 3 rings (SSSR count). The monoisotopic (exact) mass is 306 g/mol. The quantitative estimate of drug-likeness (QED) is 0.806. The Labute approximate surface area is 134 Å². The molecule has 22 heavy (non-hydrogen) atoms. The number of likely N-dealkylation sites (tertiary alicyclic amines) is 2. The normalized spacial score (nSPS) is 25.1. The van der Waals surface area contributed by atoms with E-state index in [4.69, 9.17) is 9.15 Å². The number of methoxy groups -OCH3 is 1. The number of rotatable bonds is 6. The summed E-state index contributed by atoms with van der Waals surface area (Å²) in [5.74, 6) is 2.98. The molecule has 0 radical (unpaired) electrons. The molecule has 1 atom stereocenters. The number of piperidine rings is 1. The summed E-state index contributed by atoms with van der Waals surface area (Å²) in [4.78, 5) is 5.24. The van der Waals surface area contributed by atoms with Gasteiger partial charge in [0.05, 0.1) is 6.04 Å². The van der Waals surface area contributed by atoms with Crippen LogP contribution in [0.15, 0.2) is 16.5 Å². The second-order valence-electron chi connectivity index (χ2n) is 6.96. The fraction of sp³-hybridized carbons (Fsp3) is 0.778. The molecule has 0 saturated carbocycles. The molecule has 0 aliphatic carbocycles. The Kier molecular flexibility index (Phi) is 5.55. The summed E-state index contributed by atoms with van der Waals surface area (Å²) >= 11 is 0. The first-order chi connectivity index (χ1) is 10.8. The lowest BCUT2D eigenvalue weighted by Gasteiger charge is -2.32. The molecule has 0 spiro atoms. The van der Waals surface area contributed by atoms with Gasteiger partial charge < -0.3 is 14.1 Å². The zero-order chi connectivity index (χ0) is 15.4. The fourth-order valence-corrected chi connectivity index (χ4v) is 3.76. The highest BCUT2D eigenvalue weighted by molar-refractivity contribution is 5.12. The van der Waals surface area contributed by atoms with Crippen LogP contribution in [-0.2, 0) is 11.3 Å². The number of nitrogens with zero attached hydrogens (tertiary/aromatic N) is 2. The molecule has 4 heteroatoms. The Morgan fingerprint density at radius 3 is 2.73 bits per heavy atom. The molecule has 4 nitrogen and oxygen atoms in total. The lowest BCUT2D eigenvalue weighted by molar-refractivity contribution is 0.141. The number of hydrogen-bond acceptors (Lipinski definition) is 4. The topological polar surface area (TPSA) is 28.9 Å². The highest BCUT2D eigenvalue weighted by Gasteiger charge is 2.29. The highest BCUT2D eigenvalue weighted by Crippen LogP contribution is 2.33. The zero-order valence-corrected chi connectivity index (χ0v) is 14.1. The van der Waals surface area contributed by atoms with Crippen LogP contribution in [0.2, 0.25) is 0 Å². The third-order valence-corrected chi connectivity index (χ3v) is 5.24. The summed E-state index contributed by atoms with van der Waals surface area (Å²) in [6, 6.07) is 4.66. The second kappa shape index (κ2) is 7.62. The van der Waals surface area contributed by atoms with E-state index in [9.17, 15) is 0 Å². The minimum Gasteiger partial charge on any atom is -0.462 e. The van der Waals surface area contributed by atoms with Gasteiger partial charge in [0.15, 0.2) is 0 Å². The molecule has 0 N–H and O–H groups in total. The molecular weight excluding hydrogens is 276 g/mol. The van der Waals surface area contributed by atoms with Crippen molar-refractivity contribution in [2.75, 3.05) is 39.8 Å². The fourth-order valence-electron chi connectivity index (χ4n) is 3.76. The van der Waals surface area contributed by atoms with Gasteiger partial charge in [-0.15, -0.1) is 0 Å². The molecule has 1 aromatic rings. The van der Waals surface area contributed by atoms with Crippen molar-refractivity contribution in [1.29, 1.82) is 0 Å². The van der Waals surface area contributed by atoms with Crippen LogP contribution in [0.25, 0.3) is 0 Å². The highest BCUT2D eigenvalue weighted by atomic mass is 16.5.